The molecular weight excluding hydrogens is 426 g/mol. The predicted octanol–water partition coefficient (Wildman–Crippen LogP) is 2.63. The first-order valence-electron chi connectivity index (χ1n) is 11.3. The first-order chi connectivity index (χ1) is 15.7. The Bertz CT molecular complexity index is 883. The van der Waals surface area contributed by atoms with Crippen LogP contribution in [0.3, 0.4) is 0 Å². The maximum Gasteiger partial charge on any atom is 0.263 e. The Labute approximate surface area is 193 Å². The second-order valence-corrected chi connectivity index (χ2v) is 9.18. The number of carbonyl (C=O) groups excluding carboxylic acids is 2. The molecule has 1 unspecified atom stereocenters. The van der Waals surface area contributed by atoms with Gasteiger partial charge in [-0.05, 0) is 42.0 Å². The van der Waals surface area contributed by atoms with Crippen LogP contribution in [-0.2, 0) is 16.1 Å². The maximum atomic E-state index is 12.8. The van der Waals surface area contributed by atoms with Gasteiger partial charge in [0.15, 0.2) is 0 Å². The zero-order valence-corrected chi connectivity index (χ0v) is 19.1. The predicted molar refractivity (Wildman–Crippen MR) is 124 cm³/mol. The normalized spacial score (nSPS) is 19.5. The van der Waals surface area contributed by atoms with Crippen molar-refractivity contribution in [1.29, 1.82) is 0 Å². The Morgan fingerprint density at radius 2 is 2.03 bits per heavy atom. The quantitative estimate of drug-likeness (QED) is 0.660. The van der Waals surface area contributed by atoms with Crippen LogP contribution in [0.25, 0.3) is 0 Å². The molecular formula is C24H31N3O4S. The fourth-order valence-corrected chi connectivity index (χ4v) is 4.82. The van der Waals surface area contributed by atoms with Crippen molar-refractivity contribution < 1.29 is 19.1 Å². The fourth-order valence-electron chi connectivity index (χ4n) is 4.13. The van der Waals surface area contributed by atoms with Gasteiger partial charge in [-0.3, -0.25) is 14.5 Å². The van der Waals surface area contributed by atoms with Crippen LogP contribution in [0.15, 0.2) is 41.8 Å². The molecule has 1 atom stereocenters. The van der Waals surface area contributed by atoms with Gasteiger partial charge in [0.2, 0.25) is 5.91 Å². The van der Waals surface area contributed by atoms with Gasteiger partial charge < -0.3 is 19.7 Å². The van der Waals surface area contributed by atoms with E-state index in [2.05, 4.69) is 10.2 Å². The van der Waals surface area contributed by atoms with Crippen molar-refractivity contribution in [2.75, 3.05) is 52.5 Å². The molecule has 172 valence electrons. The minimum Gasteiger partial charge on any atom is -0.492 e. The van der Waals surface area contributed by atoms with Gasteiger partial charge in [0.1, 0.15) is 12.4 Å². The summed E-state index contributed by atoms with van der Waals surface area (Å²) in [6.45, 7) is 6.64. The summed E-state index contributed by atoms with van der Waals surface area (Å²) >= 11 is 1.44. The van der Waals surface area contributed by atoms with E-state index in [4.69, 9.17) is 9.47 Å². The summed E-state index contributed by atoms with van der Waals surface area (Å²) in [5.74, 6) is 0.683. The molecule has 8 heteroatoms. The SMILES string of the molecule is O=C(NCc1cccc(OCCN2CCOCC2)c1)C1CCCN(C(=O)c2cccs2)C1. The van der Waals surface area contributed by atoms with Crippen LogP contribution >= 0.6 is 11.3 Å². The van der Waals surface area contributed by atoms with Crippen LogP contribution < -0.4 is 10.1 Å². The number of carbonyl (C=O) groups is 2. The second-order valence-electron chi connectivity index (χ2n) is 8.24. The van der Waals surface area contributed by atoms with Crippen molar-refractivity contribution in [3.8, 4) is 5.75 Å². The number of hydrogen-bond acceptors (Lipinski definition) is 6. The summed E-state index contributed by atoms with van der Waals surface area (Å²) < 4.78 is 11.3. The number of amides is 2. The molecule has 0 spiro atoms. The van der Waals surface area contributed by atoms with Crippen molar-refractivity contribution in [1.82, 2.24) is 15.1 Å². The molecule has 0 radical (unpaired) electrons. The van der Waals surface area contributed by atoms with E-state index in [1.165, 1.54) is 11.3 Å². The molecule has 0 bridgehead atoms. The average Bonchev–Trinajstić information content (AvgIpc) is 3.38. The average molecular weight is 458 g/mol. The van der Waals surface area contributed by atoms with Crippen LogP contribution in [-0.4, -0.2) is 74.2 Å². The zero-order chi connectivity index (χ0) is 22.2. The summed E-state index contributed by atoms with van der Waals surface area (Å²) in [5, 5.41) is 4.95. The van der Waals surface area contributed by atoms with Gasteiger partial charge in [-0.15, -0.1) is 11.3 Å². The van der Waals surface area contributed by atoms with Crippen LogP contribution in [0.5, 0.6) is 5.75 Å². The Kier molecular flexibility index (Phi) is 8.14. The molecule has 2 aliphatic heterocycles. The van der Waals surface area contributed by atoms with Gasteiger partial charge in [0.05, 0.1) is 24.0 Å². The Morgan fingerprint density at radius 3 is 2.84 bits per heavy atom. The lowest BCUT2D eigenvalue weighted by Gasteiger charge is -2.31. The van der Waals surface area contributed by atoms with Crippen LogP contribution in [0.1, 0.15) is 28.1 Å². The molecule has 7 nitrogen and oxygen atoms in total. The summed E-state index contributed by atoms with van der Waals surface area (Å²) in [7, 11) is 0. The minimum absolute atomic E-state index is 0.00678. The number of ether oxygens (including phenoxy) is 2. The molecule has 1 aromatic carbocycles. The molecule has 2 aliphatic rings. The zero-order valence-electron chi connectivity index (χ0n) is 18.3. The largest absolute Gasteiger partial charge is 0.492 e. The third-order valence-corrected chi connectivity index (χ3v) is 6.81. The number of hydrogen-bond donors (Lipinski definition) is 1. The number of benzene rings is 1. The molecule has 2 aromatic rings. The summed E-state index contributed by atoms with van der Waals surface area (Å²) in [4.78, 5) is 30.3. The highest BCUT2D eigenvalue weighted by molar-refractivity contribution is 7.12. The molecule has 32 heavy (non-hydrogen) atoms. The van der Waals surface area contributed by atoms with Crippen molar-refractivity contribution in [3.05, 3.63) is 52.2 Å². The standard InChI is InChI=1S/C24H31N3O4S/c28-23(20-5-2-8-27(18-20)24(29)22-7-3-15-32-22)25-17-19-4-1-6-21(16-19)31-14-11-26-9-12-30-13-10-26/h1,3-4,6-7,15-16,20H,2,5,8-14,17-18H2,(H,25,28). The number of nitrogens with zero attached hydrogens (tertiary/aromatic N) is 2. The van der Waals surface area contributed by atoms with E-state index >= 15 is 0 Å². The fraction of sp³-hybridized carbons (Fsp3) is 0.500. The third-order valence-electron chi connectivity index (χ3n) is 5.96. The third kappa shape index (κ3) is 6.31. The molecule has 0 aliphatic carbocycles. The number of morpholine rings is 1. The van der Waals surface area contributed by atoms with Crippen LogP contribution in [0.4, 0.5) is 0 Å². The van der Waals surface area contributed by atoms with E-state index in [9.17, 15) is 9.59 Å². The van der Waals surface area contributed by atoms with Crippen molar-refractivity contribution >= 4 is 23.2 Å². The van der Waals surface area contributed by atoms with E-state index in [0.717, 1.165) is 61.9 Å². The van der Waals surface area contributed by atoms with E-state index < -0.39 is 0 Å². The lowest BCUT2D eigenvalue weighted by Crippen LogP contribution is -2.45. The van der Waals surface area contributed by atoms with E-state index in [1.54, 1.807) is 0 Å². The Balaban J connectivity index is 1.22. The Hall–Kier alpha value is -2.42. The Morgan fingerprint density at radius 1 is 1.16 bits per heavy atom. The van der Waals surface area contributed by atoms with Crippen LogP contribution in [0, 0.1) is 5.92 Å². The highest BCUT2D eigenvalue weighted by Gasteiger charge is 2.29. The van der Waals surface area contributed by atoms with Crippen LogP contribution in [0.2, 0.25) is 0 Å². The van der Waals surface area contributed by atoms with E-state index in [-0.39, 0.29) is 17.7 Å². The summed E-state index contributed by atoms with van der Waals surface area (Å²) in [6, 6.07) is 11.6. The van der Waals surface area contributed by atoms with Crippen molar-refractivity contribution in [2.24, 2.45) is 5.92 Å². The molecule has 2 saturated heterocycles. The molecule has 1 N–H and O–H groups in total. The van der Waals surface area contributed by atoms with Crippen molar-refractivity contribution in [2.45, 2.75) is 19.4 Å². The first-order valence-corrected chi connectivity index (χ1v) is 12.2. The van der Waals surface area contributed by atoms with Gasteiger partial charge >= 0.3 is 0 Å². The minimum atomic E-state index is -0.166. The molecule has 2 fully saturated rings. The lowest BCUT2D eigenvalue weighted by molar-refractivity contribution is -0.126. The van der Waals surface area contributed by atoms with Gasteiger partial charge in [0.25, 0.3) is 5.91 Å². The molecule has 0 saturated carbocycles. The summed E-state index contributed by atoms with van der Waals surface area (Å²) in [6.07, 6.45) is 1.66. The highest BCUT2D eigenvalue weighted by Crippen LogP contribution is 2.21. The van der Waals surface area contributed by atoms with Gasteiger partial charge in [-0.1, -0.05) is 18.2 Å². The topological polar surface area (TPSA) is 71.1 Å². The lowest BCUT2D eigenvalue weighted by atomic mass is 9.97. The number of nitrogens with one attached hydrogen (secondary N) is 1. The van der Waals surface area contributed by atoms with Gasteiger partial charge in [0, 0.05) is 39.3 Å². The molecule has 3 heterocycles. The van der Waals surface area contributed by atoms with Gasteiger partial charge in [-0.25, -0.2) is 0 Å². The van der Waals surface area contributed by atoms with E-state index in [0.29, 0.717) is 26.2 Å². The molecule has 1 aromatic heterocycles. The summed E-state index contributed by atoms with van der Waals surface area (Å²) in [5.41, 5.74) is 1.00. The maximum absolute atomic E-state index is 12.8. The first kappa shape index (κ1) is 22.8. The van der Waals surface area contributed by atoms with Crippen molar-refractivity contribution in [3.63, 3.8) is 0 Å². The monoisotopic (exact) mass is 457 g/mol. The second kappa shape index (κ2) is 11.4. The number of rotatable bonds is 8. The molecule has 4 rings (SSSR count). The number of piperidine rings is 1. The number of thiophene rings is 1. The van der Waals surface area contributed by atoms with E-state index in [1.807, 2.05) is 46.7 Å². The number of likely N-dealkylation sites (tertiary alicyclic amines) is 1. The smallest absolute Gasteiger partial charge is 0.263 e. The molecule has 2 amide bonds. The highest BCUT2D eigenvalue weighted by atomic mass is 32.1. The van der Waals surface area contributed by atoms with Gasteiger partial charge in [-0.2, -0.15) is 0 Å².